The summed E-state index contributed by atoms with van der Waals surface area (Å²) in [5, 5.41) is 9.98. The quantitative estimate of drug-likeness (QED) is 0.634. The minimum Gasteiger partial charge on any atom is -0.508 e. The molecule has 0 unspecified atom stereocenters. The largest absolute Gasteiger partial charge is 0.508 e. The molecule has 1 aliphatic heterocycles. The number of piperidine rings is 1. The van der Waals surface area contributed by atoms with Gasteiger partial charge in [0, 0.05) is 23.8 Å². The molecule has 0 radical (unpaired) electrons. The van der Waals surface area contributed by atoms with Crippen LogP contribution in [0.1, 0.15) is 44.1 Å². The van der Waals surface area contributed by atoms with Crippen molar-refractivity contribution in [3.63, 3.8) is 0 Å². The molecule has 0 amide bonds. The molecule has 0 spiro atoms. The number of nitrogens with two attached hydrogens (primary N) is 1. The summed E-state index contributed by atoms with van der Waals surface area (Å²) in [7, 11) is 0. The highest BCUT2D eigenvalue weighted by Crippen LogP contribution is 2.36. The number of rotatable bonds is 2. The molecule has 1 aromatic carbocycles. The average molecular weight is 260 g/mol. The SMILES string of the molecule is Nc1ccc(O)c(CN2CCC[C@H]3CCCC[C@H]32)c1. The molecule has 1 heterocycles. The molecule has 1 aliphatic carbocycles. The van der Waals surface area contributed by atoms with Gasteiger partial charge in [0.05, 0.1) is 0 Å². The van der Waals surface area contributed by atoms with Gasteiger partial charge in [-0.25, -0.2) is 0 Å². The third kappa shape index (κ3) is 2.71. The number of nitrogen functional groups attached to an aromatic ring is 1. The smallest absolute Gasteiger partial charge is 0.120 e. The van der Waals surface area contributed by atoms with Crippen LogP contribution in [0.2, 0.25) is 0 Å². The molecule has 1 saturated carbocycles. The Morgan fingerprint density at radius 1 is 1.16 bits per heavy atom. The first-order chi connectivity index (χ1) is 9.24. The van der Waals surface area contributed by atoms with Gasteiger partial charge in [0.1, 0.15) is 5.75 Å². The maximum Gasteiger partial charge on any atom is 0.120 e. The van der Waals surface area contributed by atoms with Gasteiger partial charge in [0.15, 0.2) is 0 Å². The molecule has 1 saturated heterocycles. The Morgan fingerprint density at radius 3 is 2.84 bits per heavy atom. The molecular formula is C16H24N2O. The number of nitrogens with zero attached hydrogens (tertiary/aromatic N) is 1. The molecular weight excluding hydrogens is 236 g/mol. The van der Waals surface area contributed by atoms with Crippen molar-refractivity contribution in [2.45, 2.75) is 51.1 Å². The number of fused-ring (bicyclic) bond motifs is 1. The molecule has 3 N–H and O–H groups in total. The van der Waals surface area contributed by atoms with E-state index in [0.29, 0.717) is 5.75 Å². The first-order valence-corrected chi connectivity index (χ1v) is 7.55. The normalized spacial score (nSPS) is 28.0. The molecule has 2 aliphatic rings. The fraction of sp³-hybridized carbons (Fsp3) is 0.625. The van der Waals surface area contributed by atoms with Crippen LogP contribution < -0.4 is 5.73 Å². The first-order valence-electron chi connectivity index (χ1n) is 7.55. The Morgan fingerprint density at radius 2 is 1.95 bits per heavy atom. The van der Waals surface area contributed by atoms with E-state index in [-0.39, 0.29) is 0 Å². The van der Waals surface area contributed by atoms with Crippen molar-refractivity contribution < 1.29 is 5.11 Å². The lowest BCUT2D eigenvalue weighted by atomic mass is 9.78. The number of aromatic hydroxyl groups is 1. The third-order valence-electron chi connectivity index (χ3n) is 4.84. The summed E-state index contributed by atoms with van der Waals surface area (Å²) in [5.41, 5.74) is 7.55. The molecule has 3 rings (SSSR count). The lowest BCUT2D eigenvalue weighted by molar-refractivity contribution is 0.0542. The Balaban J connectivity index is 1.75. The Bertz CT molecular complexity index is 444. The van der Waals surface area contributed by atoms with Crippen molar-refractivity contribution in [3.05, 3.63) is 23.8 Å². The Kier molecular flexibility index (Phi) is 3.65. The monoisotopic (exact) mass is 260 g/mol. The van der Waals surface area contributed by atoms with Crippen molar-refractivity contribution in [3.8, 4) is 5.75 Å². The Labute approximate surface area is 115 Å². The minimum absolute atomic E-state index is 0.382. The predicted octanol–water partition coefficient (Wildman–Crippen LogP) is 3.13. The topological polar surface area (TPSA) is 49.5 Å². The van der Waals surface area contributed by atoms with E-state index in [1.54, 1.807) is 12.1 Å². The molecule has 1 aromatic rings. The number of likely N-dealkylation sites (tertiary alicyclic amines) is 1. The molecule has 2 atom stereocenters. The van der Waals surface area contributed by atoms with Crippen LogP contribution in [-0.4, -0.2) is 22.6 Å². The van der Waals surface area contributed by atoms with Crippen LogP contribution in [-0.2, 0) is 6.54 Å². The molecule has 3 heteroatoms. The van der Waals surface area contributed by atoms with Gasteiger partial charge < -0.3 is 10.8 Å². The van der Waals surface area contributed by atoms with Crippen LogP contribution >= 0.6 is 0 Å². The summed E-state index contributed by atoms with van der Waals surface area (Å²) < 4.78 is 0. The van der Waals surface area contributed by atoms with E-state index in [0.717, 1.165) is 36.3 Å². The number of phenols is 1. The van der Waals surface area contributed by atoms with Gasteiger partial charge in [0.25, 0.3) is 0 Å². The fourth-order valence-corrected chi connectivity index (χ4v) is 3.88. The molecule has 0 aromatic heterocycles. The number of hydrogen-bond acceptors (Lipinski definition) is 3. The van der Waals surface area contributed by atoms with E-state index >= 15 is 0 Å². The zero-order valence-corrected chi connectivity index (χ0v) is 11.5. The second-order valence-corrected chi connectivity index (χ2v) is 6.11. The van der Waals surface area contributed by atoms with E-state index < -0.39 is 0 Å². The maximum atomic E-state index is 9.98. The van der Waals surface area contributed by atoms with Crippen LogP contribution in [0.4, 0.5) is 5.69 Å². The van der Waals surface area contributed by atoms with Gasteiger partial charge in [-0.15, -0.1) is 0 Å². The van der Waals surface area contributed by atoms with Crippen molar-refractivity contribution in [1.29, 1.82) is 0 Å². The molecule has 104 valence electrons. The fourth-order valence-electron chi connectivity index (χ4n) is 3.88. The van der Waals surface area contributed by atoms with Crippen molar-refractivity contribution >= 4 is 5.69 Å². The highest BCUT2D eigenvalue weighted by molar-refractivity contribution is 5.47. The average Bonchev–Trinajstić information content (AvgIpc) is 2.43. The second-order valence-electron chi connectivity index (χ2n) is 6.11. The highest BCUT2D eigenvalue weighted by Gasteiger charge is 2.33. The van der Waals surface area contributed by atoms with Gasteiger partial charge in [-0.3, -0.25) is 4.90 Å². The van der Waals surface area contributed by atoms with Crippen LogP contribution in [0.15, 0.2) is 18.2 Å². The van der Waals surface area contributed by atoms with Gasteiger partial charge in [-0.05, 0) is 56.3 Å². The third-order valence-corrected chi connectivity index (χ3v) is 4.84. The summed E-state index contributed by atoms with van der Waals surface area (Å²) in [6, 6.07) is 6.12. The van der Waals surface area contributed by atoms with Crippen molar-refractivity contribution in [2.75, 3.05) is 12.3 Å². The number of hydrogen-bond donors (Lipinski definition) is 2. The first kappa shape index (κ1) is 12.8. The van der Waals surface area contributed by atoms with Crippen LogP contribution in [0.25, 0.3) is 0 Å². The highest BCUT2D eigenvalue weighted by atomic mass is 16.3. The number of phenolic OH excluding ortho intramolecular Hbond substituents is 1. The summed E-state index contributed by atoms with van der Waals surface area (Å²) in [6.45, 7) is 2.01. The Hall–Kier alpha value is -1.22. The van der Waals surface area contributed by atoms with Gasteiger partial charge in [-0.1, -0.05) is 12.8 Å². The predicted molar refractivity (Wildman–Crippen MR) is 77.9 cm³/mol. The van der Waals surface area contributed by atoms with Crippen LogP contribution in [0.3, 0.4) is 0 Å². The minimum atomic E-state index is 0.382. The van der Waals surface area contributed by atoms with E-state index in [1.165, 1.54) is 38.5 Å². The lowest BCUT2D eigenvalue weighted by Crippen LogP contribution is -2.46. The summed E-state index contributed by atoms with van der Waals surface area (Å²) >= 11 is 0. The van der Waals surface area contributed by atoms with Crippen molar-refractivity contribution in [2.24, 2.45) is 5.92 Å². The van der Waals surface area contributed by atoms with E-state index in [9.17, 15) is 5.11 Å². The lowest BCUT2D eigenvalue weighted by Gasteiger charge is -2.44. The molecule has 2 fully saturated rings. The van der Waals surface area contributed by atoms with Crippen molar-refractivity contribution in [1.82, 2.24) is 4.90 Å². The van der Waals surface area contributed by atoms with Gasteiger partial charge >= 0.3 is 0 Å². The van der Waals surface area contributed by atoms with Gasteiger partial charge in [-0.2, -0.15) is 0 Å². The van der Waals surface area contributed by atoms with E-state index in [4.69, 9.17) is 5.73 Å². The maximum absolute atomic E-state index is 9.98. The van der Waals surface area contributed by atoms with Gasteiger partial charge in [0.2, 0.25) is 0 Å². The summed E-state index contributed by atoms with van der Waals surface area (Å²) in [4.78, 5) is 2.57. The van der Waals surface area contributed by atoms with E-state index in [1.807, 2.05) is 6.07 Å². The molecule has 3 nitrogen and oxygen atoms in total. The summed E-state index contributed by atoms with van der Waals surface area (Å²) in [6.07, 6.45) is 8.17. The second kappa shape index (κ2) is 5.41. The standard InChI is InChI=1S/C16H24N2O/c17-14-7-8-16(19)13(10-14)11-18-9-3-5-12-4-1-2-6-15(12)18/h7-8,10,12,15,19H,1-6,9,11,17H2/t12-,15-/m1/s1. The zero-order chi connectivity index (χ0) is 13.2. The number of anilines is 1. The molecule has 0 bridgehead atoms. The van der Waals surface area contributed by atoms with Crippen LogP contribution in [0.5, 0.6) is 5.75 Å². The zero-order valence-electron chi connectivity index (χ0n) is 11.5. The van der Waals surface area contributed by atoms with Crippen LogP contribution in [0, 0.1) is 5.92 Å². The summed E-state index contributed by atoms with van der Waals surface area (Å²) in [5.74, 6) is 1.26. The molecule has 19 heavy (non-hydrogen) atoms. The number of benzene rings is 1. The van der Waals surface area contributed by atoms with E-state index in [2.05, 4.69) is 4.90 Å².